The van der Waals surface area contributed by atoms with Crippen LogP contribution in [0.1, 0.15) is 23.2 Å². The lowest BCUT2D eigenvalue weighted by atomic mass is 10.1. The van der Waals surface area contributed by atoms with Gasteiger partial charge in [0.15, 0.2) is 5.65 Å². The third-order valence-corrected chi connectivity index (χ3v) is 6.26. The predicted octanol–water partition coefficient (Wildman–Crippen LogP) is 3.96. The number of carbonyl (C=O) groups is 1. The van der Waals surface area contributed by atoms with Gasteiger partial charge in [0, 0.05) is 36.9 Å². The van der Waals surface area contributed by atoms with E-state index in [2.05, 4.69) is 9.97 Å². The van der Waals surface area contributed by atoms with Crippen molar-refractivity contribution in [3.8, 4) is 22.6 Å². The largest absolute Gasteiger partial charge is 0.334 e. The molecule has 6 rings (SSSR count). The van der Waals surface area contributed by atoms with Crippen molar-refractivity contribution in [1.82, 2.24) is 34.3 Å². The van der Waals surface area contributed by atoms with Crippen molar-refractivity contribution in [1.29, 1.82) is 0 Å². The number of pyridine rings is 1. The van der Waals surface area contributed by atoms with Crippen LogP contribution in [0.4, 0.5) is 0 Å². The highest BCUT2D eigenvalue weighted by molar-refractivity contribution is 6.05. The molecule has 0 spiro atoms. The smallest absolute Gasteiger partial charge is 0.260 e. The molecule has 1 aliphatic rings. The van der Waals surface area contributed by atoms with Gasteiger partial charge in [-0.25, -0.2) is 9.50 Å². The first-order chi connectivity index (χ1) is 16.8. The topological polar surface area (TPSA) is 81.2 Å². The summed E-state index contributed by atoms with van der Waals surface area (Å²) in [6.45, 7) is 1.34. The van der Waals surface area contributed by atoms with Gasteiger partial charge in [0.1, 0.15) is 17.0 Å². The summed E-state index contributed by atoms with van der Waals surface area (Å²) < 4.78 is 3.60. The average molecular weight is 450 g/mol. The molecular weight excluding hydrogens is 426 g/mol. The first kappa shape index (κ1) is 20.3. The summed E-state index contributed by atoms with van der Waals surface area (Å²) in [6, 6.07) is 19.4. The maximum atomic E-state index is 13.9. The van der Waals surface area contributed by atoms with Crippen LogP contribution in [0.15, 0.2) is 85.5 Å². The molecule has 0 radical (unpaired) electrons. The number of hydrogen-bond donors (Lipinski definition) is 0. The fourth-order valence-corrected chi connectivity index (χ4v) is 4.65. The van der Waals surface area contributed by atoms with Crippen LogP contribution in [0.3, 0.4) is 0 Å². The van der Waals surface area contributed by atoms with E-state index in [1.807, 2.05) is 82.6 Å². The van der Waals surface area contributed by atoms with Crippen molar-refractivity contribution in [3.63, 3.8) is 0 Å². The number of benzene rings is 1. The third kappa shape index (κ3) is 3.63. The molecule has 1 aromatic carbocycles. The summed E-state index contributed by atoms with van der Waals surface area (Å²) in [6.07, 6.45) is 9.14. The summed E-state index contributed by atoms with van der Waals surface area (Å²) in [5.74, 6) is -0.0350. The van der Waals surface area contributed by atoms with Gasteiger partial charge in [-0.2, -0.15) is 10.2 Å². The molecule has 8 heteroatoms. The molecule has 1 saturated heterocycles. The van der Waals surface area contributed by atoms with Crippen LogP contribution in [-0.2, 0) is 6.54 Å². The maximum Gasteiger partial charge on any atom is 0.260 e. The van der Waals surface area contributed by atoms with E-state index in [0.717, 1.165) is 29.8 Å². The number of nitrogens with zero attached hydrogens (tertiary/aromatic N) is 7. The van der Waals surface area contributed by atoms with Gasteiger partial charge in [-0.1, -0.05) is 36.4 Å². The number of carbonyl (C=O) groups excluding carboxylic acids is 1. The normalized spacial score (nSPS) is 15.8. The van der Waals surface area contributed by atoms with Crippen molar-refractivity contribution < 1.29 is 4.79 Å². The first-order valence-electron chi connectivity index (χ1n) is 11.4. The van der Waals surface area contributed by atoms with Crippen LogP contribution < -0.4 is 0 Å². The number of amides is 1. The lowest BCUT2D eigenvalue weighted by molar-refractivity contribution is 0.0724. The number of fused-ring (bicyclic) bond motifs is 1. The quantitative estimate of drug-likeness (QED) is 0.406. The average Bonchev–Trinajstić information content (AvgIpc) is 3.64. The maximum absolute atomic E-state index is 13.9. The molecule has 8 nitrogen and oxygen atoms in total. The monoisotopic (exact) mass is 449 g/mol. The van der Waals surface area contributed by atoms with Gasteiger partial charge in [-0.3, -0.25) is 14.5 Å². The standard InChI is InChI=1S/C26H23N7O/c34-26(23-24(19-8-2-1-3-9-19)30-33-16-7-14-28-25(23)33)32-15-6-10-20(32)18-31-17-12-22(29-31)21-11-4-5-13-27-21/h1-5,7-9,11-14,16-17,20H,6,10,15,18H2/t20-/m0/s1. The van der Waals surface area contributed by atoms with E-state index in [9.17, 15) is 4.79 Å². The number of aromatic nitrogens is 6. The number of likely N-dealkylation sites (tertiary alicyclic amines) is 1. The molecule has 0 unspecified atom stereocenters. The van der Waals surface area contributed by atoms with Crippen LogP contribution in [0.5, 0.6) is 0 Å². The molecule has 4 aromatic heterocycles. The van der Waals surface area contributed by atoms with Crippen LogP contribution in [0.25, 0.3) is 28.3 Å². The second kappa shape index (κ2) is 8.55. The van der Waals surface area contributed by atoms with Crippen LogP contribution in [0, 0.1) is 0 Å². The van der Waals surface area contributed by atoms with E-state index >= 15 is 0 Å². The Morgan fingerprint density at radius 2 is 1.74 bits per heavy atom. The Kier molecular flexibility index (Phi) is 5.10. The van der Waals surface area contributed by atoms with E-state index in [4.69, 9.17) is 10.2 Å². The van der Waals surface area contributed by atoms with E-state index in [1.165, 1.54) is 0 Å². The lowest BCUT2D eigenvalue weighted by Crippen LogP contribution is -2.38. The van der Waals surface area contributed by atoms with Crippen molar-refractivity contribution >= 4 is 11.6 Å². The van der Waals surface area contributed by atoms with E-state index in [-0.39, 0.29) is 11.9 Å². The van der Waals surface area contributed by atoms with Gasteiger partial charge in [0.2, 0.25) is 0 Å². The Balaban J connectivity index is 1.32. The molecule has 0 saturated carbocycles. The number of hydrogen-bond acceptors (Lipinski definition) is 5. The minimum absolute atomic E-state index is 0.0350. The van der Waals surface area contributed by atoms with Gasteiger partial charge in [0.05, 0.1) is 18.3 Å². The summed E-state index contributed by atoms with van der Waals surface area (Å²) in [7, 11) is 0. The van der Waals surface area contributed by atoms with Gasteiger partial charge >= 0.3 is 0 Å². The summed E-state index contributed by atoms with van der Waals surface area (Å²) in [5, 5.41) is 9.41. The van der Waals surface area contributed by atoms with Crippen LogP contribution in [0.2, 0.25) is 0 Å². The second-order valence-corrected chi connectivity index (χ2v) is 8.41. The fourth-order valence-electron chi connectivity index (χ4n) is 4.65. The molecule has 0 bridgehead atoms. The second-order valence-electron chi connectivity index (χ2n) is 8.41. The van der Waals surface area contributed by atoms with Crippen LogP contribution >= 0.6 is 0 Å². The van der Waals surface area contributed by atoms with Gasteiger partial charge < -0.3 is 4.90 Å². The third-order valence-electron chi connectivity index (χ3n) is 6.26. The Morgan fingerprint density at radius 1 is 0.882 bits per heavy atom. The Morgan fingerprint density at radius 3 is 2.59 bits per heavy atom. The lowest BCUT2D eigenvalue weighted by Gasteiger charge is -2.24. The Labute approximate surface area is 196 Å². The zero-order chi connectivity index (χ0) is 22.9. The van der Waals surface area contributed by atoms with Crippen molar-refractivity contribution in [2.45, 2.75) is 25.4 Å². The number of rotatable bonds is 5. The van der Waals surface area contributed by atoms with Gasteiger partial charge in [-0.05, 0) is 37.1 Å². The molecular formula is C26H23N7O. The van der Waals surface area contributed by atoms with Gasteiger partial charge in [0.25, 0.3) is 5.91 Å². The molecule has 5 heterocycles. The fraction of sp³-hybridized carbons (Fsp3) is 0.192. The highest BCUT2D eigenvalue weighted by atomic mass is 16.2. The molecule has 168 valence electrons. The minimum atomic E-state index is -0.0350. The molecule has 5 aromatic rings. The molecule has 1 fully saturated rings. The highest BCUT2D eigenvalue weighted by Gasteiger charge is 2.34. The molecule has 0 aliphatic carbocycles. The van der Waals surface area contributed by atoms with E-state index in [1.54, 1.807) is 16.9 Å². The first-order valence-corrected chi connectivity index (χ1v) is 11.4. The zero-order valence-electron chi connectivity index (χ0n) is 18.5. The summed E-state index contributed by atoms with van der Waals surface area (Å²) >= 11 is 0. The van der Waals surface area contributed by atoms with E-state index < -0.39 is 0 Å². The molecule has 0 N–H and O–H groups in total. The molecule has 34 heavy (non-hydrogen) atoms. The minimum Gasteiger partial charge on any atom is -0.334 e. The van der Waals surface area contributed by atoms with E-state index in [0.29, 0.717) is 30.0 Å². The van der Waals surface area contributed by atoms with Crippen LogP contribution in [-0.4, -0.2) is 52.8 Å². The summed E-state index contributed by atoms with van der Waals surface area (Å²) in [5.41, 5.74) is 4.35. The molecule has 1 aliphatic heterocycles. The predicted molar refractivity (Wildman–Crippen MR) is 128 cm³/mol. The van der Waals surface area contributed by atoms with Crippen molar-refractivity contribution in [3.05, 3.63) is 91.0 Å². The Hall–Kier alpha value is -4.33. The highest BCUT2D eigenvalue weighted by Crippen LogP contribution is 2.29. The van der Waals surface area contributed by atoms with Gasteiger partial charge in [-0.15, -0.1) is 0 Å². The zero-order valence-corrected chi connectivity index (χ0v) is 18.5. The molecule has 1 atom stereocenters. The van der Waals surface area contributed by atoms with Crippen molar-refractivity contribution in [2.24, 2.45) is 0 Å². The SMILES string of the molecule is O=C(c1c(-c2ccccc2)nn2cccnc12)N1CCC[C@H]1Cn1ccc(-c2ccccn2)n1. The Bertz CT molecular complexity index is 1440. The van der Waals surface area contributed by atoms with Crippen molar-refractivity contribution in [2.75, 3.05) is 6.54 Å². The summed E-state index contributed by atoms with van der Waals surface area (Å²) in [4.78, 5) is 24.8. The molecule has 1 amide bonds.